The van der Waals surface area contributed by atoms with Gasteiger partial charge in [0.2, 0.25) is 10.0 Å². The fraction of sp³-hybridized carbons (Fsp3) is 0.273. The molecule has 0 aliphatic carbocycles. The number of rotatable bonds is 5. The molecule has 2 aromatic carbocycles. The minimum atomic E-state index is -3.65. The summed E-state index contributed by atoms with van der Waals surface area (Å²) in [5.74, 6) is -0.357. The first-order chi connectivity index (χ1) is 14.4. The molecule has 1 aliphatic rings. The first-order valence-corrected chi connectivity index (χ1v) is 11.3. The third-order valence-corrected chi connectivity index (χ3v) is 7.10. The maximum atomic E-state index is 13.2. The van der Waals surface area contributed by atoms with E-state index in [0.717, 1.165) is 46.8 Å². The van der Waals surface area contributed by atoms with E-state index in [9.17, 15) is 13.2 Å². The largest absolute Gasteiger partial charge is 0.371 e. The molecule has 0 unspecified atom stereocenters. The van der Waals surface area contributed by atoms with E-state index in [1.54, 1.807) is 18.3 Å². The van der Waals surface area contributed by atoms with Crippen LogP contribution in [0.25, 0.3) is 10.9 Å². The van der Waals surface area contributed by atoms with Gasteiger partial charge in [0.15, 0.2) is 0 Å². The van der Waals surface area contributed by atoms with Crippen molar-refractivity contribution in [3.8, 4) is 0 Å². The van der Waals surface area contributed by atoms with Crippen molar-refractivity contribution in [3.05, 3.63) is 60.3 Å². The maximum Gasteiger partial charge on any atom is 0.257 e. The number of anilines is 2. The quantitative estimate of drug-likeness (QED) is 0.679. The van der Waals surface area contributed by atoms with Gasteiger partial charge in [-0.15, -0.1) is 0 Å². The lowest BCUT2D eigenvalue weighted by atomic mass is 10.1. The minimum absolute atomic E-state index is 0.0947. The molecule has 8 heteroatoms. The molecule has 30 heavy (non-hydrogen) atoms. The highest BCUT2D eigenvalue weighted by Crippen LogP contribution is 2.29. The number of amides is 1. The van der Waals surface area contributed by atoms with Crippen LogP contribution in [0.5, 0.6) is 0 Å². The van der Waals surface area contributed by atoms with E-state index < -0.39 is 10.0 Å². The number of sulfonamides is 1. The molecule has 1 saturated heterocycles. The van der Waals surface area contributed by atoms with Gasteiger partial charge < -0.3 is 10.2 Å². The van der Waals surface area contributed by atoms with Gasteiger partial charge in [0.05, 0.1) is 27.9 Å². The number of nitrogens with zero attached hydrogens (tertiary/aromatic N) is 3. The number of hydrogen-bond donors (Lipinski definition) is 1. The lowest BCUT2D eigenvalue weighted by Gasteiger charge is -2.22. The monoisotopic (exact) mass is 424 g/mol. The highest BCUT2D eigenvalue weighted by Gasteiger charge is 2.24. The van der Waals surface area contributed by atoms with Gasteiger partial charge in [0.25, 0.3) is 5.91 Å². The van der Waals surface area contributed by atoms with E-state index in [2.05, 4.69) is 15.2 Å². The summed E-state index contributed by atoms with van der Waals surface area (Å²) in [6.07, 6.45) is 3.71. The van der Waals surface area contributed by atoms with Crippen molar-refractivity contribution in [2.45, 2.75) is 17.7 Å². The number of nitrogens with one attached hydrogen (secondary N) is 1. The number of aromatic nitrogens is 1. The van der Waals surface area contributed by atoms with Crippen molar-refractivity contribution < 1.29 is 13.2 Å². The van der Waals surface area contributed by atoms with Crippen molar-refractivity contribution in [1.29, 1.82) is 0 Å². The van der Waals surface area contributed by atoms with E-state index in [-0.39, 0.29) is 10.8 Å². The standard InChI is InChI=1S/C22H24N4O3S/c1-25(2)30(28,29)18-9-10-21(26-11-5-6-12-26)19(14-18)22(27)24-17-13-16-7-3-4-8-20(16)23-15-17/h3-4,7-10,13-15H,5-6,11-12H2,1-2H3,(H,24,27). The van der Waals surface area contributed by atoms with Crippen LogP contribution in [0.4, 0.5) is 11.4 Å². The molecule has 0 spiro atoms. The highest BCUT2D eigenvalue weighted by molar-refractivity contribution is 7.89. The van der Waals surface area contributed by atoms with Crippen LogP contribution in [-0.2, 0) is 10.0 Å². The first-order valence-electron chi connectivity index (χ1n) is 9.84. The number of pyridine rings is 1. The lowest BCUT2D eigenvalue weighted by Crippen LogP contribution is -2.25. The molecule has 0 saturated carbocycles. The molecule has 2 heterocycles. The second kappa shape index (κ2) is 8.04. The third-order valence-electron chi connectivity index (χ3n) is 5.29. The predicted octanol–water partition coefficient (Wildman–Crippen LogP) is 3.34. The Hall–Kier alpha value is -2.97. The molecule has 1 N–H and O–H groups in total. The zero-order chi connectivity index (χ0) is 21.3. The Morgan fingerprint density at radius 2 is 1.80 bits per heavy atom. The summed E-state index contributed by atoms with van der Waals surface area (Å²) in [5.41, 5.74) is 2.49. The zero-order valence-electron chi connectivity index (χ0n) is 17.0. The lowest BCUT2D eigenvalue weighted by molar-refractivity contribution is 0.102. The van der Waals surface area contributed by atoms with E-state index in [1.165, 1.54) is 20.2 Å². The zero-order valence-corrected chi connectivity index (χ0v) is 17.8. The smallest absolute Gasteiger partial charge is 0.257 e. The number of carbonyl (C=O) groups is 1. The summed E-state index contributed by atoms with van der Waals surface area (Å²) in [5, 5.41) is 3.80. The molecular formula is C22H24N4O3S. The fourth-order valence-electron chi connectivity index (χ4n) is 3.64. The molecular weight excluding hydrogens is 400 g/mol. The van der Waals surface area contributed by atoms with E-state index in [4.69, 9.17) is 0 Å². The van der Waals surface area contributed by atoms with Crippen molar-refractivity contribution in [2.75, 3.05) is 37.4 Å². The molecule has 7 nitrogen and oxygen atoms in total. The second-order valence-electron chi connectivity index (χ2n) is 7.53. The molecule has 1 amide bonds. The van der Waals surface area contributed by atoms with Crippen LogP contribution in [0, 0.1) is 0 Å². The van der Waals surface area contributed by atoms with Gasteiger partial charge in [-0.3, -0.25) is 9.78 Å². The summed E-state index contributed by atoms with van der Waals surface area (Å²) in [4.78, 5) is 19.8. The molecule has 0 bridgehead atoms. The van der Waals surface area contributed by atoms with Crippen molar-refractivity contribution >= 4 is 38.2 Å². The number of benzene rings is 2. The fourth-order valence-corrected chi connectivity index (χ4v) is 4.57. The van der Waals surface area contributed by atoms with Gasteiger partial charge in [-0.2, -0.15) is 0 Å². The van der Waals surface area contributed by atoms with Gasteiger partial charge in [-0.25, -0.2) is 12.7 Å². The Balaban J connectivity index is 1.72. The minimum Gasteiger partial charge on any atom is -0.371 e. The van der Waals surface area contributed by atoms with Gasteiger partial charge in [-0.05, 0) is 43.2 Å². The molecule has 1 fully saturated rings. The highest BCUT2D eigenvalue weighted by atomic mass is 32.2. The van der Waals surface area contributed by atoms with Crippen molar-refractivity contribution in [1.82, 2.24) is 9.29 Å². The summed E-state index contributed by atoms with van der Waals surface area (Å²) in [6, 6.07) is 14.3. The topological polar surface area (TPSA) is 82.6 Å². The number of carbonyl (C=O) groups excluding carboxylic acids is 1. The normalized spacial score (nSPS) is 14.4. The number of fused-ring (bicyclic) bond motifs is 1. The Morgan fingerprint density at radius 3 is 2.53 bits per heavy atom. The van der Waals surface area contributed by atoms with E-state index >= 15 is 0 Å². The maximum absolute atomic E-state index is 13.2. The predicted molar refractivity (Wildman–Crippen MR) is 118 cm³/mol. The Morgan fingerprint density at radius 1 is 1.07 bits per heavy atom. The summed E-state index contributed by atoms with van der Waals surface area (Å²) in [6.45, 7) is 1.69. The molecule has 1 aromatic heterocycles. The summed E-state index contributed by atoms with van der Waals surface area (Å²) in [7, 11) is -0.700. The van der Waals surface area contributed by atoms with Crippen LogP contribution in [0.3, 0.4) is 0 Å². The van der Waals surface area contributed by atoms with Crippen molar-refractivity contribution in [2.24, 2.45) is 0 Å². The molecule has 156 valence electrons. The van der Waals surface area contributed by atoms with Gasteiger partial charge in [-0.1, -0.05) is 18.2 Å². The number of para-hydroxylation sites is 1. The first kappa shape index (κ1) is 20.3. The summed E-state index contributed by atoms with van der Waals surface area (Å²) >= 11 is 0. The van der Waals surface area contributed by atoms with Crippen LogP contribution in [0.1, 0.15) is 23.2 Å². The average Bonchev–Trinajstić information content (AvgIpc) is 3.28. The Labute approximate surface area is 176 Å². The van der Waals surface area contributed by atoms with Crippen LogP contribution >= 0.6 is 0 Å². The van der Waals surface area contributed by atoms with Crippen LogP contribution in [-0.4, -0.2) is 50.8 Å². The van der Waals surface area contributed by atoms with Crippen LogP contribution in [0.15, 0.2) is 59.6 Å². The Kier molecular flexibility index (Phi) is 5.44. The molecule has 3 aromatic rings. The van der Waals surface area contributed by atoms with Gasteiger partial charge in [0, 0.05) is 38.3 Å². The van der Waals surface area contributed by atoms with Gasteiger partial charge >= 0.3 is 0 Å². The average molecular weight is 425 g/mol. The van der Waals surface area contributed by atoms with E-state index in [1.807, 2.05) is 30.3 Å². The Bertz CT molecular complexity index is 1200. The van der Waals surface area contributed by atoms with Crippen LogP contribution < -0.4 is 10.2 Å². The third kappa shape index (κ3) is 3.88. The molecule has 0 atom stereocenters. The molecule has 0 radical (unpaired) electrons. The molecule has 1 aliphatic heterocycles. The SMILES string of the molecule is CN(C)S(=O)(=O)c1ccc(N2CCCC2)c(C(=O)Nc2cnc3ccccc3c2)c1. The second-order valence-corrected chi connectivity index (χ2v) is 9.68. The summed E-state index contributed by atoms with van der Waals surface area (Å²) < 4.78 is 26.4. The molecule has 4 rings (SSSR count). The number of hydrogen-bond acceptors (Lipinski definition) is 5. The van der Waals surface area contributed by atoms with E-state index in [0.29, 0.717) is 11.3 Å². The van der Waals surface area contributed by atoms with Crippen molar-refractivity contribution in [3.63, 3.8) is 0 Å². The van der Waals surface area contributed by atoms with Crippen LogP contribution in [0.2, 0.25) is 0 Å². The van der Waals surface area contributed by atoms with Gasteiger partial charge in [0.1, 0.15) is 0 Å².